The summed E-state index contributed by atoms with van der Waals surface area (Å²) in [7, 11) is 0. The topological polar surface area (TPSA) is 63.3 Å². The summed E-state index contributed by atoms with van der Waals surface area (Å²) < 4.78 is 0. The monoisotopic (exact) mass is 234 g/mol. The van der Waals surface area contributed by atoms with Gasteiger partial charge >= 0.3 is 0 Å². The van der Waals surface area contributed by atoms with Gasteiger partial charge in [0.05, 0.1) is 12.2 Å². The van der Waals surface area contributed by atoms with E-state index in [1.54, 1.807) is 6.20 Å². The van der Waals surface area contributed by atoms with Crippen LogP contribution in [-0.4, -0.2) is 17.5 Å². The maximum absolute atomic E-state index is 5.77. The first kappa shape index (κ1) is 13.5. The number of nitrogens with two attached hydrogens (primary N) is 1. The largest absolute Gasteiger partial charge is 0.370 e. The van der Waals surface area contributed by atoms with Crippen LogP contribution in [0.5, 0.6) is 0 Å². The van der Waals surface area contributed by atoms with E-state index >= 15 is 0 Å². The van der Waals surface area contributed by atoms with Crippen LogP contribution in [0.25, 0.3) is 0 Å². The summed E-state index contributed by atoms with van der Waals surface area (Å²) in [5.74, 6) is 1.17. The minimum absolute atomic E-state index is 0.496. The molecule has 0 amide bonds. The SMILES string of the molecule is Cc1cccnc1CN=C(N)NCCC(C)C. The Morgan fingerprint density at radius 3 is 2.94 bits per heavy atom. The Morgan fingerprint density at radius 2 is 2.29 bits per heavy atom. The summed E-state index contributed by atoms with van der Waals surface area (Å²) >= 11 is 0. The van der Waals surface area contributed by atoms with Gasteiger partial charge in [-0.05, 0) is 30.9 Å². The van der Waals surface area contributed by atoms with Gasteiger partial charge in [0.25, 0.3) is 0 Å². The average Bonchev–Trinajstić information content (AvgIpc) is 2.27. The molecule has 0 fully saturated rings. The van der Waals surface area contributed by atoms with Crippen molar-refractivity contribution < 1.29 is 0 Å². The van der Waals surface area contributed by atoms with Crippen molar-refractivity contribution in [2.45, 2.75) is 33.7 Å². The van der Waals surface area contributed by atoms with Crippen molar-refractivity contribution in [2.24, 2.45) is 16.6 Å². The molecule has 1 heterocycles. The Morgan fingerprint density at radius 1 is 1.53 bits per heavy atom. The van der Waals surface area contributed by atoms with Crippen LogP contribution < -0.4 is 11.1 Å². The van der Waals surface area contributed by atoms with Crippen molar-refractivity contribution in [3.05, 3.63) is 29.6 Å². The van der Waals surface area contributed by atoms with Gasteiger partial charge in [-0.3, -0.25) is 4.98 Å². The highest BCUT2D eigenvalue weighted by Crippen LogP contribution is 2.04. The van der Waals surface area contributed by atoms with Crippen molar-refractivity contribution in [1.29, 1.82) is 0 Å². The molecule has 17 heavy (non-hydrogen) atoms. The molecule has 3 N–H and O–H groups in total. The van der Waals surface area contributed by atoms with Crippen molar-refractivity contribution in [1.82, 2.24) is 10.3 Å². The lowest BCUT2D eigenvalue weighted by Crippen LogP contribution is -2.32. The molecule has 0 saturated carbocycles. The second-order valence-corrected chi connectivity index (χ2v) is 4.58. The van der Waals surface area contributed by atoms with E-state index in [2.05, 4.69) is 29.1 Å². The van der Waals surface area contributed by atoms with Crippen molar-refractivity contribution >= 4 is 5.96 Å². The summed E-state index contributed by atoms with van der Waals surface area (Å²) in [4.78, 5) is 8.54. The molecule has 0 saturated heterocycles. The lowest BCUT2D eigenvalue weighted by atomic mass is 10.1. The Balaban J connectivity index is 2.40. The first-order chi connectivity index (χ1) is 8.09. The first-order valence-corrected chi connectivity index (χ1v) is 6.04. The second kappa shape index (κ2) is 6.89. The second-order valence-electron chi connectivity index (χ2n) is 4.58. The van der Waals surface area contributed by atoms with Crippen LogP contribution in [0.2, 0.25) is 0 Å². The van der Waals surface area contributed by atoms with Crippen LogP contribution in [0.15, 0.2) is 23.3 Å². The lowest BCUT2D eigenvalue weighted by molar-refractivity contribution is 0.576. The van der Waals surface area contributed by atoms with E-state index in [4.69, 9.17) is 5.73 Å². The predicted molar refractivity (Wildman–Crippen MR) is 71.8 cm³/mol. The summed E-state index contributed by atoms with van der Waals surface area (Å²) in [6, 6.07) is 3.95. The molecular formula is C13H22N4. The number of hydrogen-bond acceptors (Lipinski definition) is 2. The van der Waals surface area contributed by atoms with E-state index in [0.29, 0.717) is 18.4 Å². The molecule has 0 aromatic carbocycles. The zero-order valence-corrected chi connectivity index (χ0v) is 10.9. The summed E-state index contributed by atoms with van der Waals surface area (Å²) in [6.07, 6.45) is 2.87. The summed E-state index contributed by atoms with van der Waals surface area (Å²) in [6.45, 7) is 7.81. The van der Waals surface area contributed by atoms with Gasteiger partial charge < -0.3 is 11.1 Å². The summed E-state index contributed by atoms with van der Waals surface area (Å²) in [5, 5.41) is 3.10. The van der Waals surface area contributed by atoms with E-state index in [1.807, 2.05) is 19.1 Å². The predicted octanol–water partition coefficient (Wildman–Crippen LogP) is 1.84. The molecule has 0 spiro atoms. The smallest absolute Gasteiger partial charge is 0.188 e. The molecule has 0 aliphatic rings. The highest BCUT2D eigenvalue weighted by Gasteiger charge is 1.98. The Kier molecular flexibility index (Phi) is 5.46. The Bertz CT molecular complexity index is 371. The normalized spacial score (nSPS) is 11.9. The molecule has 0 unspecified atom stereocenters. The van der Waals surface area contributed by atoms with Crippen LogP contribution in [0, 0.1) is 12.8 Å². The third-order valence-corrected chi connectivity index (χ3v) is 2.54. The zero-order valence-electron chi connectivity index (χ0n) is 10.9. The number of aromatic nitrogens is 1. The molecule has 1 rings (SSSR count). The van der Waals surface area contributed by atoms with Gasteiger partial charge in [-0.1, -0.05) is 19.9 Å². The van der Waals surface area contributed by atoms with Gasteiger partial charge in [0, 0.05) is 12.7 Å². The van der Waals surface area contributed by atoms with Gasteiger partial charge in [0.15, 0.2) is 5.96 Å². The molecule has 1 aromatic rings. The number of pyridine rings is 1. The molecule has 0 bridgehead atoms. The first-order valence-electron chi connectivity index (χ1n) is 6.04. The quantitative estimate of drug-likeness (QED) is 0.603. The number of nitrogens with zero attached hydrogens (tertiary/aromatic N) is 2. The molecule has 0 atom stereocenters. The Hall–Kier alpha value is -1.58. The molecule has 1 aromatic heterocycles. The molecule has 0 aliphatic heterocycles. The minimum Gasteiger partial charge on any atom is -0.370 e. The van der Waals surface area contributed by atoms with Crippen molar-refractivity contribution in [2.75, 3.05) is 6.54 Å². The van der Waals surface area contributed by atoms with Crippen LogP contribution in [-0.2, 0) is 6.54 Å². The third-order valence-electron chi connectivity index (χ3n) is 2.54. The fraction of sp³-hybridized carbons (Fsp3) is 0.538. The number of rotatable bonds is 5. The zero-order chi connectivity index (χ0) is 12.7. The minimum atomic E-state index is 0.496. The number of aliphatic imine (C=N–C) groups is 1. The molecule has 94 valence electrons. The molecule has 0 aliphatic carbocycles. The third kappa shape index (κ3) is 5.33. The highest BCUT2D eigenvalue weighted by molar-refractivity contribution is 5.77. The number of nitrogens with one attached hydrogen (secondary N) is 1. The number of hydrogen-bond donors (Lipinski definition) is 2. The Labute approximate surface area is 103 Å². The van der Waals surface area contributed by atoms with Gasteiger partial charge in [-0.25, -0.2) is 4.99 Å². The van der Waals surface area contributed by atoms with E-state index in [-0.39, 0.29) is 0 Å². The van der Waals surface area contributed by atoms with Crippen molar-refractivity contribution in [3.63, 3.8) is 0 Å². The van der Waals surface area contributed by atoms with E-state index in [0.717, 1.165) is 24.2 Å². The lowest BCUT2D eigenvalue weighted by Gasteiger charge is -2.07. The van der Waals surface area contributed by atoms with Gasteiger partial charge in [0.1, 0.15) is 0 Å². The van der Waals surface area contributed by atoms with Crippen molar-refractivity contribution in [3.8, 4) is 0 Å². The standard InChI is InChI=1S/C13H22N4/c1-10(2)6-8-16-13(14)17-9-12-11(3)5-4-7-15-12/h4-5,7,10H,6,8-9H2,1-3H3,(H3,14,16,17). The van der Waals surface area contributed by atoms with Gasteiger partial charge in [0.2, 0.25) is 0 Å². The molecular weight excluding hydrogens is 212 g/mol. The van der Waals surface area contributed by atoms with E-state index < -0.39 is 0 Å². The molecule has 4 heteroatoms. The van der Waals surface area contributed by atoms with Crippen LogP contribution in [0.4, 0.5) is 0 Å². The number of guanidine groups is 1. The maximum Gasteiger partial charge on any atom is 0.188 e. The van der Waals surface area contributed by atoms with Crippen LogP contribution in [0.3, 0.4) is 0 Å². The van der Waals surface area contributed by atoms with Crippen LogP contribution in [0.1, 0.15) is 31.5 Å². The number of aryl methyl sites for hydroxylation is 1. The molecule has 0 radical (unpaired) electrons. The summed E-state index contributed by atoms with van der Waals surface area (Å²) in [5.41, 5.74) is 7.89. The fourth-order valence-electron chi connectivity index (χ4n) is 1.39. The highest BCUT2D eigenvalue weighted by atomic mass is 15.1. The van der Waals surface area contributed by atoms with Gasteiger partial charge in [-0.2, -0.15) is 0 Å². The molecule has 4 nitrogen and oxygen atoms in total. The van der Waals surface area contributed by atoms with E-state index in [9.17, 15) is 0 Å². The maximum atomic E-state index is 5.77. The van der Waals surface area contributed by atoms with Crippen LogP contribution >= 0.6 is 0 Å². The fourth-order valence-corrected chi connectivity index (χ4v) is 1.39. The van der Waals surface area contributed by atoms with Gasteiger partial charge in [-0.15, -0.1) is 0 Å². The average molecular weight is 234 g/mol. The van der Waals surface area contributed by atoms with E-state index in [1.165, 1.54) is 0 Å².